The Hall–Kier alpha value is -2.12. The first kappa shape index (κ1) is 22.6. The first-order valence-corrected chi connectivity index (χ1v) is 10.3. The molecule has 30 heavy (non-hydrogen) atoms. The van der Waals surface area contributed by atoms with Crippen LogP contribution in [0.15, 0.2) is 48.5 Å². The van der Waals surface area contributed by atoms with E-state index in [1.807, 2.05) is 40.1 Å². The molecule has 6 nitrogen and oxygen atoms in total. The number of hydrogen-bond acceptors (Lipinski definition) is 5. The van der Waals surface area contributed by atoms with Crippen LogP contribution in [0.25, 0.3) is 0 Å². The molecule has 2 saturated heterocycles. The van der Waals surface area contributed by atoms with E-state index in [0.717, 1.165) is 37.2 Å². The Morgan fingerprint density at radius 2 is 1.67 bits per heavy atom. The standard InChI is InChI=1S/C23H29N3O3.ClH/c24-13-16-3-1-4-18(11-16)17-7-9-25(10-8-17)23(29)19-5-2-6-20(12-19)26-14-21(27)22(28)15-26;/h1-6,11-12,17,21-22,27-28H,7-10,13-15,24H2;1H. The fraction of sp³-hybridized carbons (Fsp3) is 0.435. The molecule has 2 aliphatic heterocycles. The molecule has 2 unspecified atom stereocenters. The summed E-state index contributed by atoms with van der Waals surface area (Å²) in [5.41, 5.74) is 9.74. The third-order valence-corrected chi connectivity index (χ3v) is 6.16. The number of nitrogens with zero attached hydrogens (tertiary/aromatic N) is 2. The van der Waals surface area contributed by atoms with Crippen LogP contribution in [0.5, 0.6) is 0 Å². The number of hydrogen-bond donors (Lipinski definition) is 3. The van der Waals surface area contributed by atoms with Crippen molar-refractivity contribution in [2.75, 3.05) is 31.1 Å². The highest BCUT2D eigenvalue weighted by molar-refractivity contribution is 5.95. The highest BCUT2D eigenvalue weighted by atomic mass is 35.5. The second kappa shape index (κ2) is 9.79. The minimum absolute atomic E-state index is 0. The molecule has 2 fully saturated rings. The van der Waals surface area contributed by atoms with Gasteiger partial charge in [-0.3, -0.25) is 4.79 Å². The quantitative estimate of drug-likeness (QED) is 0.690. The van der Waals surface area contributed by atoms with E-state index < -0.39 is 12.2 Å². The summed E-state index contributed by atoms with van der Waals surface area (Å²) < 4.78 is 0. The number of likely N-dealkylation sites (tertiary alicyclic amines) is 1. The molecule has 0 aliphatic carbocycles. The fourth-order valence-electron chi connectivity index (χ4n) is 4.39. The zero-order valence-electron chi connectivity index (χ0n) is 17.0. The van der Waals surface area contributed by atoms with Crippen LogP contribution >= 0.6 is 12.4 Å². The average Bonchev–Trinajstić information content (AvgIpc) is 3.12. The van der Waals surface area contributed by atoms with Crippen molar-refractivity contribution in [1.29, 1.82) is 0 Å². The van der Waals surface area contributed by atoms with Crippen LogP contribution in [-0.2, 0) is 6.54 Å². The molecule has 2 aromatic rings. The number of β-amino-alcohol motifs (C(OH)–C–C–N with tert-alkyl or cyclic N) is 2. The van der Waals surface area contributed by atoms with Crippen LogP contribution in [-0.4, -0.2) is 59.4 Å². The predicted molar refractivity (Wildman–Crippen MR) is 120 cm³/mol. The Labute approximate surface area is 183 Å². The number of benzene rings is 2. The zero-order chi connectivity index (χ0) is 20.4. The summed E-state index contributed by atoms with van der Waals surface area (Å²) in [7, 11) is 0. The Kier molecular flexibility index (Phi) is 7.36. The molecule has 162 valence electrons. The number of aliphatic hydroxyl groups excluding tert-OH is 2. The number of nitrogens with two attached hydrogens (primary N) is 1. The number of halogens is 1. The average molecular weight is 432 g/mol. The van der Waals surface area contributed by atoms with E-state index in [9.17, 15) is 15.0 Å². The molecule has 0 saturated carbocycles. The lowest BCUT2D eigenvalue weighted by atomic mass is 9.88. The topological polar surface area (TPSA) is 90.0 Å². The number of amides is 1. The Bertz CT molecular complexity index is 860. The second-order valence-electron chi connectivity index (χ2n) is 8.11. The van der Waals surface area contributed by atoms with Gasteiger partial charge < -0.3 is 25.7 Å². The molecule has 2 aliphatic rings. The number of aliphatic hydroxyl groups is 2. The van der Waals surface area contributed by atoms with Gasteiger partial charge in [0, 0.05) is 44.0 Å². The van der Waals surface area contributed by atoms with Gasteiger partial charge in [-0.1, -0.05) is 30.3 Å². The van der Waals surface area contributed by atoms with E-state index in [0.29, 0.717) is 31.1 Å². The lowest BCUT2D eigenvalue weighted by Crippen LogP contribution is -2.38. The van der Waals surface area contributed by atoms with Crippen molar-refractivity contribution < 1.29 is 15.0 Å². The number of anilines is 1. The van der Waals surface area contributed by atoms with E-state index in [4.69, 9.17) is 5.73 Å². The zero-order valence-corrected chi connectivity index (χ0v) is 17.8. The Morgan fingerprint density at radius 3 is 2.33 bits per heavy atom. The van der Waals surface area contributed by atoms with Crippen LogP contribution in [0.2, 0.25) is 0 Å². The molecule has 0 spiro atoms. The van der Waals surface area contributed by atoms with E-state index in [2.05, 4.69) is 18.2 Å². The van der Waals surface area contributed by atoms with Crippen LogP contribution < -0.4 is 10.6 Å². The van der Waals surface area contributed by atoms with Gasteiger partial charge in [-0.15, -0.1) is 12.4 Å². The SMILES string of the molecule is Cl.NCc1cccc(C2CCN(C(=O)c3cccc(N4CC(O)C(O)C4)c3)CC2)c1. The number of rotatable bonds is 4. The van der Waals surface area contributed by atoms with E-state index in [1.54, 1.807) is 0 Å². The van der Waals surface area contributed by atoms with Gasteiger partial charge in [0.1, 0.15) is 0 Å². The molecule has 0 bridgehead atoms. The smallest absolute Gasteiger partial charge is 0.253 e. The molecule has 2 atom stereocenters. The van der Waals surface area contributed by atoms with Gasteiger partial charge in [0.15, 0.2) is 0 Å². The van der Waals surface area contributed by atoms with Crippen molar-refractivity contribution >= 4 is 24.0 Å². The van der Waals surface area contributed by atoms with Gasteiger partial charge in [0.25, 0.3) is 5.91 Å². The number of carbonyl (C=O) groups is 1. The van der Waals surface area contributed by atoms with Gasteiger partial charge >= 0.3 is 0 Å². The number of carbonyl (C=O) groups excluding carboxylic acids is 1. The van der Waals surface area contributed by atoms with Crippen molar-refractivity contribution in [2.24, 2.45) is 5.73 Å². The number of piperidine rings is 1. The van der Waals surface area contributed by atoms with Gasteiger partial charge in [-0.2, -0.15) is 0 Å². The highest BCUT2D eigenvalue weighted by Crippen LogP contribution is 2.30. The molecule has 4 N–H and O–H groups in total. The summed E-state index contributed by atoms with van der Waals surface area (Å²) in [5, 5.41) is 19.6. The minimum Gasteiger partial charge on any atom is -0.389 e. The monoisotopic (exact) mass is 431 g/mol. The molecule has 0 radical (unpaired) electrons. The Balaban J connectivity index is 0.00000256. The van der Waals surface area contributed by atoms with Crippen molar-refractivity contribution in [3.63, 3.8) is 0 Å². The minimum atomic E-state index is -0.744. The van der Waals surface area contributed by atoms with Crippen LogP contribution in [0.3, 0.4) is 0 Å². The normalized spacial score (nSPS) is 22.1. The lowest BCUT2D eigenvalue weighted by Gasteiger charge is -2.32. The van der Waals surface area contributed by atoms with Crippen molar-refractivity contribution in [3.8, 4) is 0 Å². The molecule has 2 heterocycles. The largest absolute Gasteiger partial charge is 0.389 e. The van der Waals surface area contributed by atoms with Crippen LogP contribution in [0.4, 0.5) is 5.69 Å². The maximum absolute atomic E-state index is 13.0. The third kappa shape index (κ3) is 4.78. The molecular formula is C23H30ClN3O3. The molecule has 7 heteroatoms. The van der Waals surface area contributed by atoms with Crippen molar-refractivity contribution in [2.45, 2.75) is 37.5 Å². The third-order valence-electron chi connectivity index (χ3n) is 6.16. The fourth-order valence-corrected chi connectivity index (χ4v) is 4.39. The van der Waals surface area contributed by atoms with Gasteiger partial charge in [-0.25, -0.2) is 0 Å². The summed E-state index contributed by atoms with van der Waals surface area (Å²) >= 11 is 0. The molecule has 1 amide bonds. The Morgan fingerprint density at radius 1 is 1.00 bits per heavy atom. The highest BCUT2D eigenvalue weighted by Gasteiger charge is 2.30. The summed E-state index contributed by atoms with van der Waals surface area (Å²) in [4.78, 5) is 16.9. The second-order valence-corrected chi connectivity index (χ2v) is 8.11. The summed E-state index contributed by atoms with van der Waals surface area (Å²) in [5.74, 6) is 0.505. The maximum atomic E-state index is 13.0. The predicted octanol–water partition coefficient (Wildman–Crippen LogP) is 2.13. The van der Waals surface area contributed by atoms with Crippen LogP contribution in [0, 0.1) is 0 Å². The summed E-state index contributed by atoms with van der Waals surface area (Å²) in [6.45, 7) is 2.79. The molecule has 2 aromatic carbocycles. The van der Waals surface area contributed by atoms with Gasteiger partial charge in [0.2, 0.25) is 0 Å². The summed E-state index contributed by atoms with van der Waals surface area (Å²) in [6, 6.07) is 15.9. The summed E-state index contributed by atoms with van der Waals surface area (Å²) in [6.07, 6.45) is 0.408. The van der Waals surface area contributed by atoms with E-state index in [1.165, 1.54) is 5.56 Å². The van der Waals surface area contributed by atoms with Crippen molar-refractivity contribution in [1.82, 2.24) is 4.90 Å². The first-order valence-electron chi connectivity index (χ1n) is 10.3. The molecular weight excluding hydrogens is 402 g/mol. The maximum Gasteiger partial charge on any atom is 0.253 e. The van der Waals surface area contributed by atoms with Crippen LogP contribution in [0.1, 0.15) is 40.2 Å². The van der Waals surface area contributed by atoms with Crippen molar-refractivity contribution in [3.05, 3.63) is 65.2 Å². The lowest BCUT2D eigenvalue weighted by molar-refractivity contribution is 0.0572. The van der Waals surface area contributed by atoms with E-state index in [-0.39, 0.29) is 18.3 Å². The molecule has 4 rings (SSSR count). The first-order chi connectivity index (χ1) is 14.0. The van der Waals surface area contributed by atoms with E-state index >= 15 is 0 Å². The van der Waals surface area contributed by atoms with Gasteiger partial charge in [-0.05, 0) is 48.1 Å². The molecule has 0 aromatic heterocycles. The van der Waals surface area contributed by atoms with Gasteiger partial charge in [0.05, 0.1) is 12.2 Å².